The van der Waals surface area contributed by atoms with Crippen molar-refractivity contribution in [3.63, 3.8) is 0 Å². The van der Waals surface area contributed by atoms with Gasteiger partial charge in [-0.05, 0) is 17.7 Å². The third-order valence-electron chi connectivity index (χ3n) is 2.22. The summed E-state index contributed by atoms with van der Waals surface area (Å²) in [5.41, 5.74) is 3.14. The summed E-state index contributed by atoms with van der Waals surface area (Å²) < 4.78 is 5.74. The Bertz CT molecular complexity index is 474. The van der Waals surface area contributed by atoms with E-state index in [-0.39, 0.29) is 12.3 Å². The molecule has 0 unspecified atom stereocenters. The van der Waals surface area contributed by atoms with E-state index in [0.717, 1.165) is 10.0 Å². The van der Waals surface area contributed by atoms with Gasteiger partial charge >= 0.3 is 0 Å². The summed E-state index contributed by atoms with van der Waals surface area (Å²) in [6.45, 7) is 0.792. The van der Waals surface area contributed by atoms with Crippen molar-refractivity contribution >= 4 is 34.0 Å². The van der Waals surface area contributed by atoms with Gasteiger partial charge in [0.1, 0.15) is 6.42 Å². The molecule has 6 nitrogen and oxygen atoms in total. The van der Waals surface area contributed by atoms with Gasteiger partial charge in [0.05, 0.1) is 12.8 Å². The minimum Gasteiger partial charge on any atom is -0.383 e. The second kappa shape index (κ2) is 9.22. The van der Waals surface area contributed by atoms with E-state index in [0.29, 0.717) is 13.2 Å². The number of amides is 2. The Hall–Kier alpha value is -1.73. The van der Waals surface area contributed by atoms with Gasteiger partial charge in [0.15, 0.2) is 0 Å². The first-order valence-corrected chi connectivity index (χ1v) is 6.74. The molecule has 7 heteroatoms. The molecule has 0 radical (unpaired) electrons. The second-order valence-electron chi connectivity index (χ2n) is 3.86. The maximum atomic E-state index is 11.4. The molecule has 0 saturated heterocycles. The number of ether oxygens (including phenoxy) is 1. The van der Waals surface area contributed by atoms with E-state index in [4.69, 9.17) is 4.74 Å². The smallest absolute Gasteiger partial charge is 0.249 e. The van der Waals surface area contributed by atoms with Crippen LogP contribution in [0.25, 0.3) is 0 Å². The standard InChI is InChI=1S/C13H16BrN3O3/c1-20-7-6-15-12(18)8-13(19)17-16-9-10-2-4-11(14)5-3-10/h2-5,9H,6-8H2,1H3,(H,15,18)(H,17,19)/b16-9+. The Morgan fingerprint density at radius 1 is 1.30 bits per heavy atom. The summed E-state index contributed by atoms with van der Waals surface area (Å²) in [6, 6.07) is 7.42. The zero-order valence-corrected chi connectivity index (χ0v) is 12.6. The third kappa shape index (κ3) is 7.01. The van der Waals surface area contributed by atoms with Crippen LogP contribution in [0.5, 0.6) is 0 Å². The van der Waals surface area contributed by atoms with Crippen LogP contribution in [-0.4, -0.2) is 38.3 Å². The summed E-state index contributed by atoms with van der Waals surface area (Å²) in [7, 11) is 1.54. The van der Waals surface area contributed by atoms with Crippen LogP contribution < -0.4 is 10.7 Å². The molecule has 108 valence electrons. The van der Waals surface area contributed by atoms with Crippen molar-refractivity contribution in [3.05, 3.63) is 34.3 Å². The van der Waals surface area contributed by atoms with Crippen molar-refractivity contribution in [2.75, 3.05) is 20.3 Å². The molecule has 1 aromatic rings. The molecule has 0 saturated carbocycles. The molecular weight excluding hydrogens is 326 g/mol. The molecule has 1 aromatic carbocycles. The number of hydrogen-bond donors (Lipinski definition) is 2. The molecule has 2 amide bonds. The van der Waals surface area contributed by atoms with E-state index in [1.165, 1.54) is 13.3 Å². The van der Waals surface area contributed by atoms with E-state index >= 15 is 0 Å². The largest absolute Gasteiger partial charge is 0.383 e. The maximum Gasteiger partial charge on any atom is 0.249 e. The Morgan fingerprint density at radius 2 is 2.00 bits per heavy atom. The van der Waals surface area contributed by atoms with E-state index in [1.54, 1.807) is 0 Å². The maximum absolute atomic E-state index is 11.4. The molecule has 0 aliphatic rings. The lowest BCUT2D eigenvalue weighted by atomic mass is 10.2. The van der Waals surface area contributed by atoms with Crippen LogP contribution >= 0.6 is 15.9 Å². The number of methoxy groups -OCH3 is 1. The Balaban J connectivity index is 2.28. The summed E-state index contributed by atoms with van der Waals surface area (Å²) in [5, 5.41) is 6.32. The number of carbonyl (C=O) groups is 2. The van der Waals surface area contributed by atoms with Crippen molar-refractivity contribution in [1.82, 2.24) is 10.7 Å². The highest BCUT2D eigenvalue weighted by Gasteiger charge is 2.07. The first kappa shape index (κ1) is 16.3. The van der Waals surface area contributed by atoms with Crippen LogP contribution in [0.3, 0.4) is 0 Å². The molecule has 2 N–H and O–H groups in total. The predicted molar refractivity (Wildman–Crippen MR) is 79.4 cm³/mol. The van der Waals surface area contributed by atoms with Gasteiger partial charge in [-0.15, -0.1) is 0 Å². The summed E-state index contributed by atoms with van der Waals surface area (Å²) in [6.07, 6.45) is 1.24. The molecule has 1 rings (SSSR count). The molecule has 20 heavy (non-hydrogen) atoms. The zero-order valence-electron chi connectivity index (χ0n) is 11.1. The molecule has 0 aliphatic carbocycles. The first-order valence-electron chi connectivity index (χ1n) is 5.95. The van der Waals surface area contributed by atoms with Crippen LogP contribution in [0, 0.1) is 0 Å². The first-order chi connectivity index (χ1) is 9.61. The van der Waals surface area contributed by atoms with Crippen molar-refractivity contribution in [2.45, 2.75) is 6.42 Å². The Labute approximate surface area is 125 Å². The van der Waals surface area contributed by atoms with Gasteiger partial charge in [-0.25, -0.2) is 5.43 Å². The van der Waals surface area contributed by atoms with Crippen molar-refractivity contribution in [2.24, 2.45) is 5.10 Å². The van der Waals surface area contributed by atoms with Gasteiger partial charge in [-0.3, -0.25) is 9.59 Å². The van der Waals surface area contributed by atoms with Gasteiger partial charge in [-0.2, -0.15) is 5.10 Å². The highest BCUT2D eigenvalue weighted by molar-refractivity contribution is 9.10. The van der Waals surface area contributed by atoms with E-state index in [9.17, 15) is 9.59 Å². The number of benzene rings is 1. The van der Waals surface area contributed by atoms with Gasteiger partial charge < -0.3 is 10.1 Å². The third-order valence-corrected chi connectivity index (χ3v) is 2.75. The Kier molecular flexibility index (Phi) is 7.52. The molecule has 0 fully saturated rings. The molecule has 0 atom stereocenters. The summed E-state index contributed by atoms with van der Waals surface area (Å²) in [4.78, 5) is 22.7. The van der Waals surface area contributed by atoms with Crippen LogP contribution in [0.15, 0.2) is 33.8 Å². The van der Waals surface area contributed by atoms with Crippen LogP contribution in [-0.2, 0) is 14.3 Å². The van der Waals surface area contributed by atoms with Crippen LogP contribution in [0.1, 0.15) is 12.0 Å². The summed E-state index contributed by atoms with van der Waals surface area (Å²) >= 11 is 3.32. The van der Waals surface area contributed by atoms with Gasteiger partial charge in [-0.1, -0.05) is 28.1 Å². The lowest BCUT2D eigenvalue weighted by Crippen LogP contribution is -2.31. The van der Waals surface area contributed by atoms with Gasteiger partial charge in [0.25, 0.3) is 0 Å². The lowest BCUT2D eigenvalue weighted by Gasteiger charge is -2.03. The monoisotopic (exact) mass is 341 g/mol. The number of halogens is 1. The number of hydrogen-bond acceptors (Lipinski definition) is 4. The molecule has 0 heterocycles. The quantitative estimate of drug-likeness (QED) is 0.336. The van der Waals surface area contributed by atoms with E-state index in [1.807, 2.05) is 24.3 Å². The fraction of sp³-hybridized carbons (Fsp3) is 0.308. The number of nitrogens with one attached hydrogen (secondary N) is 2. The minimum atomic E-state index is -0.465. The highest BCUT2D eigenvalue weighted by atomic mass is 79.9. The van der Waals surface area contributed by atoms with Crippen LogP contribution in [0.4, 0.5) is 0 Å². The second-order valence-corrected chi connectivity index (χ2v) is 4.78. The van der Waals surface area contributed by atoms with Gasteiger partial charge in [0.2, 0.25) is 11.8 Å². The highest BCUT2D eigenvalue weighted by Crippen LogP contribution is 2.08. The average molecular weight is 342 g/mol. The fourth-order valence-electron chi connectivity index (χ4n) is 1.27. The molecule has 0 aliphatic heterocycles. The SMILES string of the molecule is COCCNC(=O)CC(=O)N/N=C/c1ccc(Br)cc1. The normalized spacial score (nSPS) is 10.5. The number of carbonyl (C=O) groups excluding carboxylic acids is 2. The minimum absolute atomic E-state index is 0.263. The fourth-order valence-corrected chi connectivity index (χ4v) is 1.53. The summed E-state index contributed by atoms with van der Waals surface area (Å²) in [5.74, 6) is -0.827. The zero-order chi connectivity index (χ0) is 14.8. The Morgan fingerprint density at radius 3 is 2.65 bits per heavy atom. The molecular formula is C13H16BrN3O3. The van der Waals surface area contributed by atoms with Gasteiger partial charge in [0, 0.05) is 18.1 Å². The molecule has 0 aromatic heterocycles. The number of rotatable bonds is 7. The van der Waals surface area contributed by atoms with E-state index < -0.39 is 5.91 Å². The topological polar surface area (TPSA) is 79.8 Å². The lowest BCUT2D eigenvalue weighted by molar-refractivity contribution is -0.129. The van der Waals surface area contributed by atoms with Crippen molar-refractivity contribution < 1.29 is 14.3 Å². The predicted octanol–water partition coefficient (Wildman–Crippen LogP) is 1.05. The average Bonchev–Trinajstić information content (AvgIpc) is 2.41. The molecule has 0 bridgehead atoms. The van der Waals surface area contributed by atoms with E-state index in [2.05, 4.69) is 31.8 Å². The van der Waals surface area contributed by atoms with Crippen LogP contribution in [0.2, 0.25) is 0 Å². The van der Waals surface area contributed by atoms with Crippen molar-refractivity contribution in [1.29, 1.82) is 0 Å². The molecule has 0 spiro atoms. The number of hydrazone groups is 1. The number of nitrogens with zero attached hydrogens (tertiary/aromatic N) is 1. The van der Waals surface area contributed by atoms with Crippen molar-refractivity contribution in [3.8, 4) is 0 Å².